The third-order valence-corrected chi connectivity index (χ3v) is 5.75. The van der Waals surface area contributed by atoms with Gasteiger partial charge in [-0.1, -0.05) is 30.3 Å². The average molecular weight is 397 g/mol. The number of aryl methyl sites for hydroxylation is 1. The van der Waals surface area contributed by atoms with Crippen LogP contribution in [-0.4, -0.2) is 40.1 Å². The number of nitrogens with one attached hydrogen (secondary N) is 1. The second-order valence-electron chi connectivity index (χ2n) is 7.07. The minimum Gasteiger partial charge on any atom is -0.421 e. The highest BCUT2D eigenvalue weighted by atomic mass is 32.1. The predicted octanol–water partition coefficient (Wildman–Crippen LogP) is 3.51. The number of hydrogen-bond donors (Lipinski definition) is 1. The van der Waals surface area contributed by atoms with Crippen molar-refractivity contribution < 1.29 is 9.21 Å². The zero-order chi connectivity index (χ0) is 19.2. The average Bonchev–Trinajstić information content (AvgIpc) is 3.47. The van der Waals surface area contributed by atoms with Gasteiger partial charge in [0.2, 0.25) is 17.7 Å². The Bertz CT molecular complexity index is 879. The smallest absolute Gasteiger partial charge is 0.248 e. The van der Waals surface area contributed by atoms with Crippen LogP contribution in [0, 0.1) is 0 Å². The Kier molecular flexibility index (Phi) is 6.14. The lowest BCUT2D eigenvalue weighted by molar-refractivity contribution is -0.121. The summed E-state index contributed by atoms with van der Waals surface area (Å²) in [6.07, 6.45) is 3.12. The lowest BCUT2D eigenvalue weighted by Crippen LogP contribution is -2.39. The molecule has 1 N–H and O–H groups in total. The molecule has 7 heteroatoms. The molecule has 3 aromatic rings. The summed E-state index contributed by atoms with van der Waals surface area (Å²) in [6.45, 7) is 2.72. The van der Waals surface area contributed by atoms with E-state index in [1.165, 1.54) is 12.0 Å². The molecule has 1 fully saturated rings. The normalized spacial score (nSPS) is 17.1. The summed E-state index contributed by atoms with van der Waals surface area (Å²) in [5.41, 5.74) is 2.24. The molecule has 0 aliphatic carbocycles. The molecule has 1 aliphatic rings. The van der Waals surface area contributed by atoms with Crippen LogP contribution in [0.2, 0.25) is 0 Å². The van der Waals surface area contributed by atoms with Crippen LogP contribution in [0.25, 0.3) is 11.5 Å². The van der Waals surface area contributed by atoms with Crippen molar-refractivity contribution >= 4 is 17.2 Å². The minimum absolute atomic E-state index is 0.0295. The first-order valence-corrected chi connectivity index (χ1v) is 10.6. The van der Waals surface area contributed by atoms with Crippen molar-refractivity contribution in [3.63, 3.8) is 0 Å². The predicted molar refractivity (Wildman–Crippen MR) is 109 cm³/mol. The number of carbonyl (C=O) groups excluding carboxylic acids is 1. The van der Waals surface area contributed by atoms with Gasteiger partial charge in [0.05, 0.1) is 0 Å². The second-order valence-corrected chi connectivity index (χ2v) is 7.85. The van der Waals surface area contributed by atoms with Crippen LogP contribution in [0.1, 0.15) is 30.7 Å². The molecule has 146 valence electrons. The molecule has 1 saturated heterocycles. The summed E-state index contributed by atoms with van der Waals surface area (Å²) in [4.78, 5) is 14.7. The number of hydrogen-bond acceptors (Lipinski definition) is 6. The number of amides is 1. The number of rotatable bonds is 8. The van der Waals surface area contributed by atoms with Crippen molar-refractivity contribution in [3.05, 3.63) is 58.6 Å². The highest BCUT2D eigenvalue weighted by Crippen LogP contribution is 2.21. The molecular weight excluding hydrogens is 372 g/mol. The molecule has 2 aromatic heterocycles. The van der Waals surface area contributed by atoms with Gasteiger partial charge in [0.15, 0.2) is 0 Å². The summed E-state index contributed by atoms with van der Waals surface area (Å²) in [5, 5.41) is 15.1. The van der Waals surface area contributed by atoms with E-state index in [0.717, 1.165) is 25.1 Å². The van der Waals surface area contributed by atoms with Crippen molar-refractivity contribution in [2.75, 3.05) is 13.1 Å². The van der Waals surface area contributed by atoms with Crippen LogP contribution < -0.4 is 5.32 Å². The van der Waals surface area contributed by atoms with Crippen molar-refractivity contribution in [2.24, 2.45) is 0 Å². The van der Waals surface area contributed by atoms with Crippen LogP contribution in [0.3, 0.4) is 0 Å². The largest absolute Gasteiger partial charge is 0.421 e. The van der Waals surface area contributed by atoms with Crippen LogP contribution in [-0.2, 0) is 17.8 Å². The topological polar surface area (TPSA) is 71.3 Å². The van der Waals surface area contributed by atoms with E-state index in [2.05, 4.69) is 44.7 Å². The second kappa shape index (κ2) is 9.12. The van der Waals surface area contributed by atoms with Crippen molar-refractivity contribution in [2.45, 2.75) is 38.3 Å². The van der Waals surface area contributed by atoms with Crippen LogP contribution in [0.5, 0.6) is 0 Å². The van der Waals surface area contributed by atoms with Crippen molar-refractivity contribution in [1.29, 1.82) is 0 Å². The first kappa shape index (κ1) is 18.8. The van der Waals surface area contributed by atoms with E-state index in [1.807, 2.05) is 22.9 Å². The van der Waals surface area contributed by atoms with E-state index in [-0.39, 0.29) is 5.91 Å². The molecule has 4 rings (SSSR count). The Morgan fingerprint density at radius 3 is 2.96 bits per heavy atom. The van der Waals surface area contributed by atoms with Crippen molar-refractivity contribution in [3.8, 4) is 11.5 Å². The Hall–Kier alpha value is -2.51. The first-order valence-electron chi connectivity index (χ1n) is 9.67. The lowest BCUT2D eigenvalue weighted by Gasteiger charge is -2.24. The molecule has 0 saturated carbocycles. The highest BCUT2D eigenvalue weighted by molar-refractivity contribution is 7.08. The van der Waals surface area contributed by atoms with E-state index in [4.69, 9.17) is 4.42 Å². The van der Waals surface area contributed by atoms with Gasteiger partial charge in [0.1, 0.15) is 0 Å². The zero-order valence-corrected chi connectivity index (χ0v) is 16.5. The fraction of sp³-hybridized carbons (Fsp3) is 0.381. The van der Waals surface area contributed by atoms with Gasteiger partial charge in [-0.15, -0.1) is 10.2 Å². The highest BCUT2D eigenvalue weighted by Gasteiger charge is 2.24. The zero-order valence-electron chi connectivity index (χ0n) is 15.7. The van der Waals surface area contributed by atoms with Crippen LogP contribution in [0.15, 0.2) is 51.6 Å². The Morgan fingerprint density at radius 1 is 1.25 bits per heavy atom. The maximum absolute atomic E-state index is 12.3. The summed E-state index contributed by atoms with van der Waals surface area (Å²) in [7, 11) is 0. The molecule has 0 bridgehead atoms. The Morgan fingerprint density at radius 2 is 2.14 bits per heavy atom. The lowest BCUT2D eigenvalue weighted by atomic mass is 10.1. The van der Waals surface area contributed by atoms with Gasteiger partial charge >= 0.3 is 0 Å². The molecule has 0 spiro atoms. The molecule has 1 aromatic carbocycles. The van der Waals surface area contributed by atoms with Crippen LogP contribution >= 0.6 is 11.3 Å². The van der Waals surface area contributed by atoms with Crippen molar-refractivity contribution in [1.82, 2.24) is 20.4 Å². The monoisotopic (exact) mass is 396 g/mol. The molecule has 6 nitrogen and oxygen atoms in total. The maximum atomic E-state index is 12.3. The third kappa shape index (κ3) is 4.85. The summed E-state index contributed by atoms with van der Waals surface area (Å²) < 4.78 is 5.64. The summed E-state index contributed by atoms with van der Waals surface area (Å²) in [5.74, 6) is 1.05. The molecule has 1 amide bonds. The van der Waals surface area contributed by atoms with Gasteiger partial charge in [-0.05, 0) is 36.4 Å². The van der Waals surface area contributed by atoms with Gasteiger partial charge in [-0.25, -0.2) is 0 Å². The third-order valence-electron chi connectivity index (χ3n) is 5.06. The summed E-state index contributed by atoms with van der Waals surface area (Å²) >= 11 is 1.59. The maximum Gasteiger partial charge on any atom is 0.248 e. The molecule has 0 radical (unpaired) electrons. The van der Waals surface area contributed by atoms with Gasteiger partial charge in [0.25, 0.3) is 0 Å². The van der Waals surface area contributed by atoms with Crippen LogP contribution in [0.4, 0.5) is 0 Å². The molecule has 1 aliphatic heterocycles. The molecule has 0 unspecified atom stereocenters. The minimum atomic E-state index is 0.0295. The first-order chi connectivity index (χ1) is 13.8. The quantitative estimate of drug-likeness (QED) is 0.631. The van der Waals surface area contributed by atoms with E-state index in [1.54, 1.807) is 11.3 Å². The molecule has 3 heterocycles. The fourth-order valence-corrected chi connectivity index (χ4v) is 4.18. The van der Waals surface area contributed by atoms with Gasteiger partial charge in [-0.3, -0.25) is 9.69 Å². The number of benzene rings is 1. The molecule has 1 atom stereocenters. The van der Waals surface area contributed by atoms with E-state index < -0.39 is 0 Å². The molecular formula is C21H24N4O2S. The Labute approximate surface area is 168 Å². The van der Waals surface area contributed by atoms with Gasteiger partial charge in [-0.2, -0.15) is 11.3 Å². The van der Waals surface area contributed by atoms with E-state index in [9.17, 15) is 4.79 Å². The Balaban J connectivity index is 1.22. The van der Waals surface area contributed by atoms with E-state index in [0.29, 0.717) is 37.2 Å². The SMILES string of the molecule is O=C(CCc1nnc(-c2ccsc2)o1)NC[C@H]1CCCN1Cc1ccccc1. The summed E-state index contributed by atoms with van der Waals surface area (Å²) in [6, 6.07) is 12.8. The fourth-order valence-electron chi connectivity index (χ4n) is 3.55. The number of thiophene rings is 1. The van der Waals surface area contributed by atoms with E-state index >= 15 is 0 Å². The number of likely N-dealkylation sites (tertiary alicyclic amines) is 1. The number of carbonyl (C=O) groups is 1. The van der Waals surface area contributed by atoms with Gasteiger partial charge < -0.3 is 9.73 Å². The number of nitrogens with zero attached hydrogens (tertiary/aromatic N) is 3. The standard InChI is InChI=1S/C21H24N4O2S/c26-19(8-9-20-23-24-21(27-20)17-10-12-28-15-17)22-13-18-7-4-11-25(18)14-16-5-2-1-3-6-16/h1-3,5-6,10,12,15,18H,4,7-9,11,13-14H2,(H,22,26)/t18-/m1/s1. The number of aromatic nitrogens is 2. The molecule has 28 heavy (non-hydrogen) atoms. The van der Waals surface area contributed by atoms with Gasteiger partial charge in [0, 0.05) is 42.9 Å².